The van der Waals surface area contributed by atoms with Gasteiger partial charge in [-0.25, -0.2) is 0 Å². The van der Waals surface area contributed by atoms with Crippen LogP contribution in [0, 0.1) is 12.8 Å². The van der Waals surface area contributed by atoms with E-state index < -0.39 is 0 Å². The maximum atomic E-state index is 5.59. The monoisotopic (exact) mass is 360 g/mol. The average molecular weight is 360 g/mol. The van der Waals surface area contributed by atoms with E-state index in [2.05, 4.69) is 34.3 Å². The van der Waals surface area contributed by atoms with Crippen molar-refractivity contribution >= 4 is 0 Å². The molecule has 3 rings (SSSR count). The zero-order valence-electron chi connectivity index (χ0n) is 16.0. The summed E-state index contributed by atoms with van der Waals surface area (Å²) in [4.78, 5) is 9.21. The molecule has 7 nitrogen and oxygen atoms in total. The minimum absolute atomic E-state index is 0.00722. The molecule has 2 aromatic rings. The predicted octanol–water partition coefficient (Wildman–Crippen LogP) is 3.16. The lowest BCUT2D eigenvalue weighted by Gasteiger charge is -2.28. The van der Waals surface area contributed by atoms with Crippen LogP contribution in [0.25, 0.3) is 0 Å². The molecule has 1 atom stereocenters. The lowest BCUT2D eigenvalue weighted by atomic mass is 9.91. The second kappa shape index (κ2) is 8.60. The van der Waals surface area contributed by atoms with Crippen molar-refractivity contribution in [2.24, 2.45) is 5.92 Å². The second-order valence-corrected chi connectivity index (χ2v) is 7.09. The standard InChI is InChI=1S/C19H28N4O3/c1-12(2)18-22-19(26-23-18)17(14-5-7-25-8-6-14)20-11-15-10-16(24-4)9-13(3)21-15/h9-10,12,14,17,20H,5-8,11H2,1-4H3/t17-/m0/s1. The van der Waals surface area contributed by atoms with Crippen LogP contribution in [0.5, 0.6) is 5.75 Å². The van der Waals surface area contributed by atoms with Gasteiger partial charge >= 0.3 is 0 Å². The SMILES string of the molecule is COc1cc(C)nc(CN[C@H](c2nc(C(C)C)no2)C2CCOCC2)c1. The number of hydrogen-bond acceptors (Lipinski definition) is 7. The third-order valence-electron chi connectivity index (χ3n) is 4.70. The Bertz CT molecular complexity index is 711. The fraction of sp³-hybridized carbons (Fsp3) is 0.632. The molecule has 0 amide bonds. The summed E-state index contributed by atoms with van der Waals surface area (Å²) in [5, 5.41) is 7.72. The highest BCUT2D eigenvalue weighted by molar-refractivity contribution is 5.26. The first-order valence-electron chi connectivity index (χ1n) is 9.23. The number of nitrogens with one attached hydrogen (secondary N) is 1. The molecule has 0 aromatic carbocycles. The van der Waals surface area contributed by atoms with Crippen LogP contribution in [-0.4, -0.2) is 35.4 Å². The number of methoxy groups -OCH3 is 1. The normalized spacial score (nSPS) is 16.8. The van der Waals surface area contributed by atoms with E-state index in [9.17, 15) is 0 Å². The minimum atomic E-state index is -0.00722. The van der Waals surface area contributed by atoms with Gasteiger partial charge in [-0.2, -0.15) is 4.98 Å². The molecule has 1 fully saturated rings. The Labute approximate surface area is 154 Å². The first-order chi connectivity index (χ1) is 12.6. The zero-order chi connectivity index (χ0) is 18.5. The lowest BCUT2D eigenvalue weighted by molar-refractivity contribution is 0.0485. The van der Waals surface area contributed by atoms with Crippen molar-refractivity contribution in [2.75, 3.05) is 20.3 Å². The Morgan fingerprint density at radius 2 is 2.00 bits per heavy atom. The number of hydrogen-bond donors (Lipinski definition) is 1. The molecule has 2 aromatic heterocycles. The lowest BCUT2D eigenvalue weighted by Crippen LogP contribution is -2.32. The molecule has 0 saturated carbocycles. The molecule has 0 aliphatic carbocycles. The first-order valence-corrected chi connectivity index (χ1v) is 9.23. The summed E-state index contributed by atoms with van der Waals surface area (Å²) in [6.45, 7) is 8.24. The van der Waals surface area contributed by atoms with Gasteiger partial charge in [0.05, 0.1) is 18.8 Å². The number of nitrogens with zero attached hydrogens (tertiary/aromatic N) is 3. The van der Waals surface area contributed by atoms with Crippen LogP contribution in [0.3, 0.4) is 0 Å². The molecule has 142 valence electrons. The molecule has 26 heavy (non-hydrogen) atoms. The number of ether oxygens (including phenoxy) is 2. The highest BCUT2D eigenvalue weighted by atomic mass is 16.5. The van der Waals surface area contributed by atoms with Gasteiger partial charge in [0.15, 0.2) is 5.82 Å². The van der Waals surface area contributed by atoms with E-state index in [1.165, 1.54) is 0 Å². The fourth-order valence-electron chi connectivity index (χ4n) is 3.24. The van der Waals surface area contributed by atoms with E-state index in [0.29, 0.717) is 18.4 Å². The number of aryl methyl sites for hydroxylation is 1. The van der Waals surface area contributed by atoms with Gasteiger partial charge in [0.1, 0.15) is 5.75 Å². The number of pyridine rings is 1. The van der Waals surface area contributed by atoms with Crippen molar-refractivity contribution in [3.05, 3.63) is 35.2 Å². The largest absolute Gasteiger partial charge is 0.497 e. The topological polar surface area (TPSA) is 82.3 Å². The van der Waals surface area contributed by atoms with E-state index >= 15 is 0 Å². The maximum absolute atomic E-state index is 5.59. The van der Waals surface area contributed by atoms with Crippen LogP contribution in [0.2, 0.25) is 0 Å². The Hall–Kier alpha value is -1.99. The molecular weight excluding hydrogens is 332 g/mol. The fourth-order valence-corrected chi connectivity index (χ4v) is 3.24. The molecule has 1 aliphatic rings. The highest BCUT2D eigenvalue weighted by Crippen LogP contribution is 2.30. The van der Waals surface area contributed by atoms with Gasteiger partial charge in [0, 0.05) is 43.5 Å². The molecule has 3 heterocycles. The molecule has 0 unspecified atom stereocenters. The summed E-state index contributed by atoms with van der Waals surface area (Å²) in [5.74, 6) is 2.85. The van der Waals surface area contributed by atoms with Gasteiger partial charge in [-0.05, 0) is 25.7 Å². The van der Waals surface area contributed by atoms with Crippen LogP contribution < -0.4 is 10.1 Å². The summed E-state index contributed by atoms with van der Waals surface area (Å²) in [6.07, 6.45) is 1.95. The molecule has 0 bridgehead atoms. The summed E-state index contributed by atoms with van der Waals surface area (Å²) >= 11 is 0. The van der Waals surface area contributed by atoms with Gasteiger partial charge in [-0.3, -0.25) is 10.3 Å². The Kier molecular flexibility index (Phi) is 6.21. The number of aromatic nitrogens is 3. The van der Waals surface area contributed by atoms with Gasteiger partial charge in [-0.1, -0.05) is 19.0 Å². The first kappa shape index (κ1) is 18.8. The smallest absolute Gasteiger partial charge is 0.244 e. The van der Waals surface area contributed by atoms with Gasteiger partial charge in [0.25, 0.3) is 0 Å². The highest BCUT2D eigenvalue weighted by Gasteiger charge is 2.30. The van der Waals surface area contributed by atoms with Crippen molar-refractivity contribution in [1.29, 1.82) is 0 Å². The van der Waals surface area contributed by atoms with Crippen LogP contribution in [0.15, 0.2) is 16.7 Å². The van der Waals surface area contributed by atoms with Gasteiger partial charge in [-0.15, -0.1) is 0 Å². The molecule has 0 radical (unpaired) electrons. The Morgan fingerprint density at radius 1 is 1.23 bits per heavy atom. The number of rotatable bonds is 7. The average Bonchev–Trinajstić information content (AvgIpc) is 3.12. The molecule has 1 N–H and O–H groups in total. The van der Waals surface area contributed by atoms with Gasteiger partial charge < -0.3 is 14.0 Å². The zero-order valence-corrected chi connectivity index (χ0v) is 16.0. The molecule has 1 aliphatic heterocycles. The molecule has 7 heteroatoms. The molecule has 1 saturated heterocycles. The van der Waals surface area contributed by atoms with E-state index in [1.54, 1.807) is 7.11 Å². The van der Waals surface area contributed by atoms with E-state index in [1.807, 2.05) is 19.1 Å². The van der Waals surface area contributed by atoms with Crippen molar-refractivity contribution in [2.45, 2.75) is 52.1 Å². The summed E-state index contributed by atoms with van der Waals surface area (Å²) in [7, 11) is 1.67. The third kappa shape index (κ3) is 4.59. The van der Waals surface area contributed by atoms with Crippen molar-refractivity contribution < 1.29 is 14.0 Å². The quantitative estimate of drug-likeness (QED) is 0.812. The van der Waals surface area contributed by atoms with Gasteiger partial charge in [0.2, 0.25) is 5.89 Å². The predicted molar refractivity (Wildman–Crippen MR) is 97.0 cm³/mol. The third-order valence-corrected chi connectivity index (χ3v) is 4.70. The summed E-state index contributed by atoms with van der Waals surface area (Å²) < 4.78 is 16.5. The van der Waals surface area contributed by atoms with Crippen LogP contribution in [-0.2, 0) is 11.3 Å². The van der Waals surface area contributed by atoms with E-state index in [-0.39, 0.29) is 12.0 Å². The van der Waals surface area contributed by atoms with Crippen LogP contribution >= 0.6 is 0 Å². The Morgan fingerprint density at radius 3 is 2.65 bits per heavy atom. The summed E-state index contributed by atoms with van der Waals surface area (Å²) in [5.41, 5.74) is 1.87. The minimum Gasteiger partial charge on any atom is -0.497 e. The van der Waals surface area contributed by atoms with Crippen molar-refractivity contribution in [3.8, 4) is 5.75 Å². The van der Waals surface area contributed by atoms with Crippen molar-refractivity contribution in [1.82, 2.24) is 20.4 Å². The van der Waals surface area contributed by atoms with Crippen molar-refractivity contribution in [3.63, 3.8) is 0 Å². The van der Waals surface area contributed by atoms with E-state index in [4.69, 9.17) is 14.0 Å². The molecule has 0 spiro atoms. The summed E-state index contributed by atoms with van der Waals surface area (Å²) in [6, 6.07) is 3.87. The van der Waals surface area contributed by atoms with Crippen LogP contribution in [0.4, 0.5) is 0 Å². The van der Waals surface area contributed by atoms with E-state index in [0.717, 1.165) is 49.0 Å². The van der Waals surface area contributed by atoms with Crippen LogP contribution in [0.1, 0.15) is 61.8 Å². The maximum Gasteiger partial charge on any atom is 0.244 e. The Balaban J connectivity index is 1.77. The second-order valence-electron chi connectivity index (χ2n) is 7.09. The molecular formula is C19H28N4O3.